The van der Waals surface area contributed by atoms with E-state index in [-0.39, 0.29) is 23.9 Å². The van der Waals surface area contributed by atoms with Crippen molar-refractivity contribution < 1.29 is 13.9 Å². The monoisotopic (exact) mass is 494 g/mol. The minimum atomic E-state index is -0.279. The van der Waals surface area contributed by atoms with E-state index in [9.17, 15) is 14.4 Å². The first-order chi connectivity index (χ1) is 17.0. The minimum Gasteiger partial charge on any atom is -0.370 e. The Hall–Kier alpha value is -3.48. The molecule has 2 fully saturated rings. The number of guanidine groups is 1. The molecule has 5 rings (SSSR count). The lowest BCUT2D eigenvalue weighted by atomic mass is 10.0. The van der Waals surface area contributed by atoms with E-state index >= 15 is 0 Å². The summed E-state index contributed by atoms with van der Waals surface area (Å²) in [7, 11) is 0. The van der Waals surface area contributed by atoms with Crippen LogP contribution in [0.1, 0.15) is 24.0 Å². The van der Waals surface area contributed by atoms with Gasteiger partial charge in [-0.3, -0.25) is 4.79 Å². The van der Waals surface area contributed by atoms with Gasteiger partial charge in [0.2, 0.25) is 18.1 Å². The lowest BCUT2D eigenvalue weighted by Gasteiger charge is -2.42. The molecule has 1 atom stereocenters. The van der Waals surface area contributed by atoms with Crippen LogP contribution in [0.3, 0.4) is 0 Å². The van der Waals surface area contributed by atoms with Crippen molar-refractivity contribution in [1.29, 1.82) is 5.26 Å². The maximum absolute atomic E-state index is 13.1. The van der Waals surface area contributed by atoms with Crippen LogP contribution in [-0.4, -0.2) is 70.7 Å². The summed E-state index contributed by atoms with van der Waals surface area (Å²) in [6.07, 6.45) is 3.20. The van der Waals surface area contributed by atoms with Crippen molar-refractivity contribution in [1.82, 2.24) is 14.8 Å². The van der Waals surface area contributed by atoms with Crippen molar-refractivity contribution in [2.24, 2.45) is 10.1 Å². The fourth-order valence-corrected chi connectivity index (χ4v) is 4.69. The number of rotatable bonds is 5. The van der Waals surface area contributed by atoms with E-state index in [2.05, 4.69) is 4.99 Å². The molecule has 0 radical (unpaired) electrons. The fourth-order valence-electron chi connectivity index (χ4n) is 4.57. The van der Waals surface area contributed by atoms with Gasteiger partial charge < -0.3 is 14.5 Å². The number of hydrogen-bond acceptors (Lipinski definition) is 5. The lowest BCUT2D eigenvalue weighted by molar-refractivity contribution is -0.128. The van der Waals surface area contributed by atoms with Crippen molar-refractivity contribution in [2.45, 2.75) is 31.6 Å². The number of amides is 1. The van der Waals surface area contributed by atoms with Crippen LogP contribution in [0.25, 0.3) is 0 Å². The second kappa shape index (κ2) is 10.0. The highest BCUT2D eigenvalue weighted by Crippen LogP contribution is 2.26. The number of aliphatic imine (C=N–C) groups is 1. The predicted octanol–water partition coefficient (Wildman–Crippen LogP) is 3.23. The topological polar surface area (TPSA) is 84.5 Å². The number of carbonyl (C=O) groups excluding carboxylic acids is 1. The van der Waals surface area contributed by atoms with Crippen molar-refractivity contribution in [3.8, 4) is 6.19 Å². The Bertz CT molecular complexity index is 1190. The van der Waals surface area contributed by atoms with Crippen LogP contribution in [0, 0.1) is 17.3 Å². The van der Waals surface area contributed by atoms with Crippen molar-refractivity contribution in [3.05, 3.63) is 70.5 Å². The van der Waals surface area contributed by atoms with Crippen LogP contribution in [-0.2, 0) is 16.1 Å². The molecular weight excluding hydrogens is 471 g/mol. The van der Waals surface area contributed by atoms with Gasteiger partial charge in [-0.1, -0.05) is 35.9 Å². The highest BCUT2D eigenvalue weighted by molar-refractivity contribution is 6.30. The Morgan fingerprint density at radius 2 is 1.91 bits per heavy atom. The molecule has 35 heavy (non-hydrogen) atoms. The van der Waals surface area contributed by atoms with Gasteiger partial charge in [-0.25, -0.2) is 9.40 Å². The molecule has 0 N–H and O–H groups in total. The van der Waals surface area contributed by atoms with Crippen LogP contribution in [0.5, 0.6) is 0 Å². The third-order valence-corrected chi connectivity index (χ3v) is 6.68. The van der Waals surface area contributed by atoms with Crippen LogP contribution in [0.2, 0.25) is 5.02 Å². The van der Waals surface area contributed by atoms with Crippen molar-refractivity contribution in [2.75, 3.05) is 26.2 Å². The van der Waals surface area contributed by atoms with Crippen LogP contribution >= 0.6 is 11.6 Å². The molecule has 1 amide bonds. The summed E-state index contributed by atoms with van der Waals surface area (Å²) in [5, 5.41) is 16.5. The van der Waals surface area contributed by atoms with E-state index in [0.29, 0.717) is 50.2 Å². The van der Waals surface area contributed by atoms with Crippen LogP contribution in [0.15, 0.2) is 58.6 Å². The zero-order valence-electron chi connectivity index (χ0n) is 19.0. The number of likely N-dealkylation sites (tertiary alicyclic amines) is 2. The predicted molar refractivity (Wildman–Crippen MR) is 129 cm³/mol. The molecule has 180 valence electrons. The van der Waals surface area contributed by atoms with E-state index < -0.39 is 0 Å². The van der Waals surface area contributed by atoms with E-state index in [0.717, 1.165) is 23.3 Å². The third kappa shape index (κ3) is 4.99. The zero-order valence-corrected chi connectivity index (χ0v) is 19.7. The Kier molecular flexibility index (Phi) is 6.66. The van der Waals surface area contributed by atoms with Gasteiger partial charge in [0.15, 0.2) is 0 Å². The summed E-state index contributed by atoms with van der Waals surface area (Å²) >= 11 is 6.07. The number of nitrogens with zero attached hydrogens (tertiary/aromatic N) is 6. The molecule has 1 unspecified atom stereocenters. The van der Waals surface area contributed by atoms with Gasteiger partial charge in [-0.15, -0.1) is 4.99 Å². The number of hydrogen-bond donors (Lipinski definition) is 0. The average molecular weight is 495 g/mol. The standard InChI is InChI=1S/C25H24ClFN6O2/c26-19-7-5-18(6-8-19)24-22(32-11-1-2-23(32)34)14-33(30-24)25(29-16-28)31-12-21(13-31)35-15-17-3-9-20(27)10-4-17/h3-10,21-22H,1-2,11-15H2. The Labute approximate surface area is 207 Å². The molecule has 0 aliphatic carbocycles. The molecule has 2 aromatic carbocycles. The molecule has 10 heteroatoms. The second-order valence-corrected chi connectivity index (χ2v) is 9.19. The van der Waals surface area contributed by atoms with E-state index in [4.69, 9.17) is 21.4 Å². The largest absolute Gasteiger partial charge is 0.370 e. The molecule has 0 saturated carbocycles. The molecule has 2 saturated heterocycles. The second-order valence-electron chi connectivity index (χ2n) is 8.76. The molecule has 3 aliphatic rings. The van der Waals surface area contributed by atoms with Gasteiger partial charge >= 0.3 is 0 Å². The highest BCUT2D eigenvalue weighted by atomic mass is 35.5. The van der Waals surface area contributed by atoms with Crippen molar-refractivity contribution in [3.63, 3.8) is 0 Å². The number of hydrazone groups is 1. The third-order valence-electron chi connectivity index (χ3n) is 6.43. The summed E-state index contributed by atoms with van der Waals surface area (Å²) in [6, 6.07) is 13.4. The molecule has 0 bridgehead atoms. The summed E-state index contributed by atoms with van der Waals surface area (Å²) in [5.74, 6) is 0.268. The number of nitriles is 1. The molecule has 0 spiro atoms. The summed E-state index contributed by atoms with van der Waals surface area (Å²) in [6.45, 7) is 2.58. The zero-order chi connectivity index (χ0) is 24.4. The smallest absolute Gasteiger partial charge is 0.233 e. The summed E-state index contributed by atoms with van der Waals surface area (Å²) in [5.41, 5.74) is 2.53. The Balaban J connectivity index is 1.30. The summed E-state index contributed by atoms with van der Waals surface area (Å²) in [4.78, 5) is 20.4. The quantitative estimate of drug-likeness (QED) is 0.362. The Morgan fingerprint density at radius 3 is 2.57 bits per heavy atom. The maximum atomic E-state index is 13.1. The molecule has 0 aromatic heterocycles. The van der Waals surface area contributed by atoms with E-state index in [1.807, 2.05) is 28.1 Å². The van der Waals surface area contributed by atoms with Gasteiger partial charge in [-0.2, -0.15) is 10.4 Å². The molecule has 3 aliphatic heterocycles. The van der Waals surface area contributed by atoms with Crippen LogP contribution < -0.4 is 0 Å². The molecular formula is C25H24ClFN6O2. The molecule has 2 aromatic rings. The average Bonchev–Trinajstić information content (AvgIpc) is 3.45. The van der Waals surface area contributed by atoms with Gasteiger partial charge in [0.25, 0.3) is 0 Å². The maximum Gasteiger partial charge on any atom is 0.233 e. The van der Waals surface area contributed by atoms with Gasteiger partial charge in [0, 0.05) is 36.6 Å². The highest BCUT2D eigenvalue weighted by Gasteiger charge is 2.41. The van der Waals surface area contributed by atoms with Crippen LogP contribution in [0.4, 0.5) is 4.39 Å². The lowest BCUT2D eigenvalue weighted by Crippen LogP contribution is -2.58. The van der Waals surface area contributed by atoms with E-state index in [1.54, 1.807) is 29.3 Å². The molecule has 8 nitrogen and oxygen atoms in total. The SMILES string of the molecule is N#CN=C(N1CC(OCc2ccc(F)cc2)C1)N1CC(N2CCCC2=O)C(c2ccc(Cl)cc2)=N1. The minimum absolute atomic E-state index is 0.0396. The normalized spacial score (nSPS) is 20.8. The first-order valence-electron chi connectivity index (χ1n) is 11.5. The fraction of sp³-hybridized carbons (Fsp3) is 0.360. The van der Waals surface area contributed by atoms with Gasteiger partial charge in [-0.05, 0) is 36.2 Å². The number of ether oxygens (including phenoxy) is 1. The first-order valence-corrected chi connectivity index (χ1v) is 11.9. The Morgan fingerprint density at radius 1 is 1.17 bits per heavy atom. The molecule has 3 heterocycles. The number of carbonyl (C=O) groups is 1. The number of benzene rings is 2. The number of halogens is 2. The van der Waals surface area contributed by atoms with Crippen molar-refractivity contribution >= 4 is 29.2 Å². The summed E-state index contributed by atoms with van der Waals surface area (Å²) < 4.78 is 19.0. The van der Waals surface area contributed by atoms with Gasteiger partial charge in [0.05, 0.1) is 31.0 Å². The van der Waals surface area contributed by atoms with E-state index in [1.165, 1.54) is 12.1 Å². The first kappa shape index (κ1) is 23.3. The van der Waals surface area contributed by atoms with Gasteiger partial charge in [0.1, 0.15) is 5.82 Å².